The molecular formula is C33H40ClN5O7S. The summed E-state index contributed by atoms with van der Waals surface area (Å²) >= 11 is 5.69. The third-order valence-corrected chi connectivity index (χ3v) is 10.3. The van der Waals surface area contributed by atoms with E-state index < -0.39 is 27.6 Å². The number of rotatable bonds is 15. The number of carbonyl (C=O) groups is 2. The molecule has 0 saturated heterocycles. The minimum atomic E-state index is -4.41. The molecule has 0 aromatic heterocycles. The lowest BCUT2D eigenvalue weighted by Crippen LogP contribution is -2.53. The maximum absolute atomic E-state index is 14.2. The van der Waals surface area contributed by atoms with Crippen LogP contribution in [-0.4, -0.2) is 81.8 Å². The van der Waals surface area contributed by atoms with Gasteiger partial charge in [0, 0.05) is 84.5 Å². The highest BCUT2D eigenvalue weighted by Crippen LogP contribution is 2.59. The quantitative estimate of drug-likeness (QED) is 0.121. The molecule has 14 heteroatoms. The highest BCUT2D eigenvalue weighted by atomic mass is 35.5. The summed E-state index contributed by atoms with van der Waals surface area (Å²) in [6, 6.07) is 14.2. The molecule has 2 heterocycles. The number of hydrogen-bond donors (Lipinski definition) is 3. The van der Waals surface area contributed by atoms with E-state index in [4.69, 9.17) is 37.3 Å². The van der Waals surface area contributed by atoms with Crippen LogP contribution in [0.25, 0.3) is 0 Å². The topological polar surface area (TPSA) is 167 Å². The predicted molar refractivity (Wildman–Crippen MR) is 180 cm³/mol. The zero-order chi connectivity index (χ0) is 33.8. The molecular weight excluding hydrogens is 646 g/mol. The Morgan fingerprint density at radius 1 is 0.872 bits per heavy atom. The second-order valence-corrected chi connectivity index (χ2v) is 13.9. The molecule has 0 unspecified atom stereocenters. The van der Waals surface area contributed by atoms with Crippen LogP contribution in [0.5, 0.6) is 11.5 Å². The molecule has 5 rings (SSSR count). The predicted octanol–water partition coefficient (Wildman–Crippen LogP) is 4.07. The van der Waals surface area contributed by atoms with Crippen molar-refractivity contribution in [1.82, 2.24) is 13.9 Å². The van der Waals surface area contributed by atoms with Gasteiger partial charge in [0.25, 0.3) is 11.8 Å². The van der Waals surface area contributed by atoms with Crippen molar-refractivity contribution in [2.75, 3.05) is 64.4 Å². The number of nitrogens with two attached hydrogens (primary N) is 2. The molecule has 2 aliphatic rings. The van der Waals surface area contributed by atoms with Gasteiger partial charge in [-0.3, -0.25) is 9.59 Å². The monoisotopic (exact) mass is 685 g/mol. The van der Waals surface area contributed by atoms with Crippen molar-refractivity contribution in [2.24, 2.45) is 0 Å². The lowest BCUT2D eigenvalue weighted by Gasteiger charge is -2.43. The van der Waals surface area contributed by atoms with Gasteiger partial charge in [-0.05, 0) is 43.2 Å². The first-order chi connectivity index (χ1) is 22.5. The first kappa shape index (κ1) is 34.5. The van der Waals surface area contributed by atoms with Crippen LogP contribution in [0.1, 0.15) is 63.1 Å². The van der Waals surface area contributed by atoms with Crippen molar-refractivity contribution in [1.29, 1.82) is 0 Å². The van der Waals surface area contributed by atoms with Gasteiger partial charge < -0.3 is 31.0 Å². The van der Waals surface area contributed by atoms with Crippen molar-refractivity contribution in [3.05, 3.63) is 82.4 Å². The van der Waals surface area contributed by atoms with Crippen LogP contribution in [0.2, 0.25) is 0 Å². The van der Waals surface area contributed by atoms with Gasteiger partial charge in [0.15, 0.2) is 0 Å². The first-order valence-electron chi connectivity index (χ1n) is 15.4. The molecule has 12 nitrogen and oxygen atoms in total. The van der Waals surface area contributed by atoms with Gasteiger partial charge in [-0.2, -0.15) is 12.7 Å². The number of nitrogen functional groups attached to an aromatic ring is 2. The molecule has 0 radical (unpaired) electrons. The number of ether oxygens (including phenoxy) is 3. The van der Waals surface area contributed by atoms with Crippen LogP contribution in [0, 0.1) is 0 Å². The standard InChI is InChI=1S/C33H40ClN5O7S/c1-38(2)47(42,43)39-32(41)25-10-7-22(31(40)37-14-16-45-18-17-44-15-6-4-3-5-13-34)19-28(25)33(39)26-11-8-23(35)20-29(26)46-30-21-24(36)9-12-27(30)33/h7-12,19-21H,3-6,13-18,35-36H2,1-2H3,(H,37,40). The van der Waals surface area contributed by atoms with E-state index in [0.29, 0.717) is 53.8 Å². The van der Waals surface area contributed by atoms with E-state index in [2.05, 4.69) is 5.32 Å². The van der Waals surface area contributed by atoms with Gasteiger partial charge in [0.05, 0.1) is 19.8 Å². The smallest absolute Gasteiger partial charge is 0.307 e. The summed E-state index contributed by atoms with van der Waals surface area (Å²) in [6.07, 6.45) is 4.17. The number of amides is 2. The Hall–Kier alpha value is -3.88. The molecule has 2 amide bonds. The summed E-state index contributed by atoms with van der Waals surface area (Å²) in [7, 11) is -1.71. The number of alkyl halides is 1. The fourth-order valence-corrected chi connectivity index (χ4v) is 7.38. The van der Waals surface area contributed by atoms with Crippen LogP contribution < -0.4 is 21.5 Å². The molecule has 3 aromatic carbocycles. The molecule has 47 heavy (non-hydrogen) atoms. The van der Waals surface area contributed by atoms with Crippen LogP contribution in [0.3, 0.4) is 0 Å². The van der Waals surface area contributed by atoms with E-state index in [1.807, 2.05) is 0 Å². The lowest BCUT2D eigenvalue weighted by molar-refractivity contribution is 0.0468. The van der Waals surface area contributed by atoms with E-state index in [9.17, 15) is 18.0 Å². The fourth-order valence-electron chi connectivity index (χ4n) is 5.91. The number of halogens is 1. The van der Waals surface area contributed by atoms with Gasteiger partial charge in [-0.25, -0.2) is 4.31 Å². The van der Waals surface area contributed by atoms with E-state index in [-0.39, 0.29) is 35.8 Å². The summed E-state index contributed by atoms with van der Waals surface area (Å²) < 4.78 is 47.3. The Balaban J connectivity index is 1.42. The number of unbranched alkanes of at least 4 members (excludes halogenated alkanes) is 3. The van der Waals surface area contributed by atoms with Gasteiger partial charge in [0.1, 0.15) is 17.0 Å². The lowest BCUT2D eigenvalue weighted by atomic mass is 9.75. The minimum absolute atomic E-state index is 0.127. The Morgan fingerprint density at radius 3 is 2.11 bits per heavy atom. The van der Waals surface area contributed by atoms with Crippen molar-refractivity contribution in [2.45, 2.75) is 31.2 Å². The van der Waals surface area contributed by atoms with Gasteiger partial charge in [-0.1, -0.05) is 25.0 Å². The minimum Gasteiger partial charge on any atom is -0.456 e. The van der Waals surface area contributed by atoms with Crippen LogP contribution in [-0.2, 0) is 25.2 Å². The van der Waals surface area contributed by atoms with Crippen molar-refractivity contribution >= 4 is 45.0 Å². The average Bonchev–Trinajstić information content (AvgIpc) is 3.29. The summed E-state index contributed by atoms with van der Waals surface area (Å²) in [6.45, 7) is 2.03. The summed E-state index contributed by atoms with van der Waals surface area (Å²) in [4.78, 5) is 27.5. The van der Waals surface area contributed by atoms with Crippen LogP contribution in [0.15, 0.2) is 54.6 Å². The Morgan fingerprint density at radius 2 is 1.49 bits per heavy atom. The highest BCUT2D eigenvalue weighted by molar-refractivity contribution is 7.87. The van der Waals surface area contributed by atoms with Crippen molar-refractivity contribution < 1.29 is 32.2 Å². The SMILES string of the molecule is CN(C)S(=O)(=O)N1C(=O)c2ccc(C(=O)NCCOCCOCCCCCCCl)cc2C12c1ccc(N)cc1Oc1cc(N)ccc12. The number of nitrogens with zero attached hydrogens (tertiary/aromatic N) is 2. The van der Waals surface area contributed by atoms with Crippen molar-refractivity contribution in [3.63, 3.8) is 0 Å². The number of fused-ring (bicyclic) bond motifs is 6. The van der Waals surface area contributed by atoms with Gasteiger partial charge in [0.2, 0.25) is 0 Å². The van der Waals surface area contributed by atoms with Crippen molar-refractivity contribution in [3.8, 4) is 11.5 Å². The summed E-state index contributed by atoms with van der Waals surface area (Å²) in [5.41, 5.74) is 12.6. The van der Waals surface area contributed by atoms with E-state index in [1.165, 1.54) is 26.2 Å². The largest absolute Gasteiger partial charge is 0.456 e. The highest BCUT2D eigenvalue weighted by Gasteiger charge is 2.61. The average molecular weight is 686 g/mol. The number of benzene rings is 3. The Kier molecular flexibility index (Phi) is 10.6. The molecule has 252 valence electrons. The zero-order valence-corrected chi connectivity index (χ0v) is 28.0. The molecule has 5 N–H and O–H groups in total. The molecule has 3 aromatic rings. The van der Waals surface area contributed by atoms with Crippen LogP contribution in [0.4, 0.5) is 11.4 Å². The number of carbonyl (C=O) groups excluding carboxylic acids is 2. The number of hydrogen-bond acceptors (Lipinski definition) is 9. The molecule has 0 atom stereocenters. The number of nitrogens with one attached hydrogen (secondary N) is 1. The Bertz CT molecular complexity index is 1700. The molecule has 0 saturated carbocycles. The second kappa shape index (κ2) is 14.5. The maximum Gasteiger partial charge on any atom is 0.307 e. The normalized spacial score (nSPS) is 14.6. The maximum atomic E-state index is 14.2. The molecule has 2 aliphatic heterocycles. The van der Waals surface area contributed by atoms with E-state index in [0.717, 1.165) is 34.3 Å². The third kappa shape index (κ3) is 6.63. The first-order valence-corrected chi connectivity index (χ1v) is 17.4. The fraction of sp³-hybridized carbons (Fsp3) is 0.394. The molecule has 1 spiro atoms. The Labute approximate surface area is 280 Å². The molecule has 0 bridgehead atoms. The second-order valence-electron chi connectivity index (χ2n) is 11.5. The van der Waals surface area contributed by atoms with Gasteiger partial charge in [-0.15, -0.1) is 11.6 Å². The van der Waals surface area contributed by atoms with Gasteiger partial charge >= 0.3 is 10.2 Å². The van der Waals surface area contributed by atoms with Crippen LogP contribution >= 0.6 is 11.6 Å². The molecule has 0 aliphatic carbocycles. The molecule has 0 fully saturated rings. The van der Waals surface area contributed by atoms with E-state index in [1.54, 1.807) is 42.5 Å². The third-order valence-electron chi connectivity index (χ3n) is 8.17. The van der Waals surface area contributed by atoms with E-state index >= 15 is 0 Å². The zero-order valence-electron chi connectivity index (χ0n) is 26.5. The number of anilines is 2. The summed E-state index contributed by atoms with van der Waals surface area (Å²) in [5.74, 6) is 0.0274. The summed E-state index contributed by atoms with van der Waals surface area (Å²) in [5, 5.41) is 2.84.